The van der Waals surface area contributed by atoms with E-state index in [0.29, 0.717) is 0 Å². The zero-order valence-electron chi connectivity index (χ0n) is 19.3. The predicted octanol–water partition coefficient (Wildman–Crippen LogP) is 5.53. The summed E-state index contributed by atoms with van der Waals surface area (Å²) in [5.41, 5.74) is 8.82. The zero-order valence-corrected chi connectivity index (χ0v) is 22.3. The fourth-order valence-electron chi connectivity index (χ4n) is 3.70. The third-order valence-electron chi connectivity index (χ3n) is 5.43. The minimum Gasteiger partial charge on any atom is -0.478 e. The molecule has 0 spiro atoms. The summed E-state index contributed by atoms with van der Waals surface area (Å²) in [4.78, 5) is 26.4. The summed E-state index contributed by atoms with van der Waals surface area (Å²) in [5, 5.41) is 17.1. The third-order valence-corrected chi connectivity index (χ3v) is 5.43. The first-order valence-corrected chi connectivity index (χ1v) is 11.0. The molecule has 7 nitrogen and oxygen atoms in total. The number of carboxylic acids is 1. The molecule has 174 valence electrons. The number of aliphatic hydroxyl groups is 1. The maximum atomic E-state index is 10.3. The van der Waals surface area contributed by atoms with Gasteiger partial charge >= 0.3 is 5.97 Å². The Kier molecular flexibility index (Phi) is 7.69. The minimum absolute atomic E-state index is 0. The minimum atomic E-state index is -0.950. The topological polar surface area (TPSA) is 115 Å². The first-order chi connectivity index (χ1) is 17.0. The molecule has 4 aromatic rings. The molecule has 0 amide bonds. The molecule has 1 aromatic carbocycles. The quantitative estimate of drug-likeness (QED) is 0.221. The number of rotatable bonds is 2. The first kappa shape index (κ1) is 25.0. The number of aliphatic hydroxyl groups excluding tert-OH is 1. The van der Waals surface area contributed by atoms with Crippen LogP contribution in [0.4, 0.5) is 0 Å². The number of nitrogens with zero attached hydrogens (tertiary/aromatic N) is 2. The zero-order chi connectivity index (χ0) is 24.2. The SMILES string of the molecule is C1=Cc2cc3ccc(cc4nc(cc5ccc(cc1n2)[nH]5)C=C4)[nH]3.O=C(O)c1ccc(CO)cc1.[Zn]. The maximum absolute atomic E-state index is 10.3. The van der Waals surface area contributed by atoms with E-state index in [9.17, 15) is 4.79 Å². The van der Waals surface area contributed by atoms with E-state index >= 15 is 0 Å². The van der Waals surface area contributed by atoms with Crippen LogP contribution in [0.25, 0.3) is 46.4 Å². The molecule has 2 aliphatic rings. The van der Waals surface area contributed by atoms with Gasteiger partial charge in [0.25, 0.3) is 0 Å². The van der Waals surface area contributed by atoms with Crippen LogP contribution in [0.3, 0.4) is 0 Å². The van der Waals surface area contributed by atoms with Crippen LogP contribution in [-0.2, 0) is 26.1 Å². The second-order valence-corrected chi connectivity index (χ2v) is 8.07. The summed E-state index contributed by atoms with van der Waals surface area (Å²) in [7, 11) is 0. The van der Waals surface area contributed by atoms with Crippen molar-refractivity contribution in [3.05, 3.63) is 107 Å². The summed E-state index contributed by atoms with van der Waals surface area (Å²) in [6.45, 7) is -0.0557. The molecule has 36 heavy (non-hydrogen) atoms. The van der Waals surface area contributed by atoms with Crippen LogP contribution >= 0.6 is 0 Å². The van der Waals surface area contributed by atoms with Crippen molar-refractivity contribution >= 4 is 52.3 Å². The Hall–Kier alpha value is -4.13. The molecule has 5 heterocycles. The molecule has 4 N–H and O–H groups in total. The number of fused-ring (bicyclic) bond motifs is 8. The van der Waals surface area contributed by atoms with E-state index in [4.69, 9.17) is 10.2 Å². The van der Waals surface area contributed by atoms with Gasteiger partial charge in [-0.3, -0.25) is 0 Å². The number of carboxylic acid groups (broad SMARTS) is 1. The van der Waals surface area contributed by atoms with Gasteiger partial charge in [-0.25, -0.2) is 14.8 Å². The molecular formula is C28H22N4O3Zn. The van der Waals surface area contributed by atoms with Crippen LogP contribution in [0.15, 0.2) is 72.8 Å². The molecule has 0 saturated heterocycles. The molecule has 0 saturated carbocycles. The van der Waals surface area contributed by atoms with E-state index in [-0.39, 0.29) is 31.6 Å². The smallest absolute Gasteiger partial charge is 0.335 e. The number of aromatic amines is 2. The Morgan fingerprint density at radius 1 is 0.639 bits per heavy atom. The number of benzene rings is 1. The van der Waals surface area contributed by atoms with Crippen LogP contribution in [0.2, 0.25) is 0 Å². The molecule has 0 atom stereocenters. The molecule has 0 aliphatic carbocycles. The largest absolute Gasteiger partial charge is 0.478 e. The summed E-state index contributed by atoms with van der Waals surface area (Å²) >= 11 is 0. The molecule has 8 bridgehead atoms. The Morgan fingerprint density at radius 3 is 1.31 bits per heavy atom. The monoisotopic (exact) mass is 526 g/mol. The summed E-state index contributed by atoms with van der Waals surface area (Å²) in [6, 6.07) is 22.5. The number of carbonyl (C=O) groups is 1. The van der Waals surface area contributed by atoms with Crippen LogP contribution in [0, 0.1) is 0 Å². The molecule has 2 aliphatic heterocycles. The van der Waals surface area contributed by atoms with Gasteiger partial charge in [-0.2, -0.15) is 0 Å². The van der Waals surface area contributed by atoms with E-state index in [1.54, 1.807) is 12.1 Å². The van der Waals surface area contributed by atoms with E-state index in [2.05, 4.69) is 44.2 Å². The van der Waals surface area contributed by atoms with Crippen molar-refractivity contribution < 1.29 is 34.5 Å². The van der Waals surface area contributed by atoms with Gasteiger partial charge in [0, 0.05) is 41.5 Å². The van der Waals surface area contributed by atoms with E-state index in [0.717, 1.165) is 50.4 Å². The van der Waals surface area contributed by atoms with Gasteiger partial charge in [0.1, 0.15) is 0 Å². The normalized spacial score (nSPS) is 11.4. The number of hydrogen-bond donors (Lipinski definition) is 4. The maximum Gasteiger partial charge on any atom is 0.335 e. The van der Waals surface area contributed by atoms with Crippen molar-refractivity contribution in [3.8, 4) is 0 Å². The third kappa shape index (κ3) is 6.10. The van der Waals surface area contributed by atoms with Gasteiger partial charge in [0.2, 0.25) is 0 Å². The molecule has 0 fully saturated rings. The van der Waals surface area contributed by atoms with Gasteiger partial charge in [0.15, 0.2) is 0 Å². The molecule has 0 radical (unpaired) electrons. The summed E-state index contributed by atoms with van der Waals surface area (Å²) in [5.74, 6) is -0.950. The Balaban J connectivity index is 0.000000216. The van der Waals surface area contributed by atoms with E-state index in [1.807, 2.05) is 48.6 Å². The number of aromatic carboxylic acids is 1. The molecular weight excluding hydrogens is 506 g/mol. The average Bonchev–Trinajstić information content (AvgIpc) is 3.66. The summed E-state index contributed by atoms with van der Waals surface area (Å²) in [6.07, 6.45) is 8.09. The number of hydrogen-bond acceptors (Lipinski definition) is 4. The summed E-state index contributed by atoms with van der Waals surface area (Å²) < 4.78 is 0. The van der Waals surface area contributed by atoms with Crippen molar-refractivity contribution in [1.29, 1.82) is 0 Å². The Morgan fingerprint density at radius 2 is 1.00 bits per heavy atom. The van der Waals surface area contributed by atoms with Crippen molar-refractivity contribution in [3.63, 3.8) is 0 Å². The van der Waals surface area contributed by atoms with Crippen molar-refractivity contribution in [2.24, 2.45) is 0 Å². The van der Waals surface area contributed by atoms with E-state index in [1.165, 1.54) is 12.1 Å². The van der Waals surface area contributed by atoms with Gasteiger partial charge in [-0.05, 0) is 90.5 Å². The van der Waals surface area contributed by atoms with Crippen molar-refractivity contribution in [2.75, 3.05) is 0 Å². The molecule has 8 heteroatoms. The van der Waals surface area contributed by atoms with Crippen LogP contribution < -0.4 is 0 Å². The number of nitrogens with one attached hydrogen (secondary N) is 2. The predicted molar refractivity (Wildman–Crippen MR) is 138 cm³/mol. The Bertz CT molecular complexity index is 1440. The second kappa shape index (κ2) is 11.1. The van der Waals surface area contributed by atoms with Crippen LogP contribution in [0.5, 0.6) is 0 Å². The fraction of sp³-hybridized carbons (Fsp3) is 0.0357. The fourth-order valence-corrected chi connectivity index (χ4v) is 3.70. The van der Waals surface area contributed by atoms with Crippen LogP contribution in [-0.4, -0.2) is 36.1 Å². The first-order valence-electron chi connectivity index (χ1n) is 11.0. The van der Waals surface area contributed by atoms with Crippen LogP contribution in [0.1, 0.15) is 38.7 Å². The van der Waals surface area contributed by atoms with Gasteiger partial charge < -0.3 is 20.2 Å². The van der Waals surface area contributed by atoms with Gasteiger partial charge in [-0.15, -0.1) is 0 Å². The number of aromatic nitrogens is 4. The van der Waals surface area contributed by atoms with E-state index < -0.39 is 5.97 Å². The van der Waals surface area contributed by atoms with Crippen molar-refractivity contribution in [1.82, 2.24) is 19.9 Å². The van der Waals surface area contributed by atoms with Gasteiger partial charge in [-0.1, -0.05) is 12.1 Å². The average molecular weight is 528 g/mol. The van der Waals surface area contributed by atoms with Crippen molar-refractivity contribution in [2.45, 2.75) is 6.61 Å². The number of H-pyrrole nitrogens is 2. The standard InChI is InChI=1S/C20H14N4.C8H8O3.Zn/c1-2-14-10-16-5-6-18(23-16)12-20-8-7-19(24-20)11-17-4-3-15(22-17)9-13(1)21-14;9-5-6-1-3-7(4-2-6)8(10)11;/h1-12,21,24H;1-4,9H,5H2,(H,10,11);. The Labute approximate surface area is 219 Å². The molecule has 0 unspecified atom stereocenters. The van der Waals surface area contributed by atoms with Gasteiger partial charge in [0.05, 0.1) is 34.9 Å². The molecule has 3 aromatic heterocycles. The molecule has 6 rings (SSSR count). The second-order valence-electron chi connectivity index (χ2n) is 8.07.